The number of rotatable bonds is 8. The lowest BCUT2D eigenvalue weighted by molar-refractivity contribution is -0.143. The van der Waals surface area contributed by atoms with Crippen molar-refractivity contribution in [1.29, 1.82) is 5.26 Å². The number of nitrogens with one attached hydrogen (secondary N) is 1. The van der Waals surface area contributed by atoms with Gasteiger partial charge in [-0.2, -0.15) is 5.26 Å². The van der Waals surface area contributed by atoms with Crippen molar-refractivity contribution in [3.8, 4) is 6.07 Å². The normalized spacial score (nSPS) is 26.7. The average Bonchev–Trinajstić information content (AvgIpc) is 3.51. The number of piperidine rings is 1. The van der Waals surface area contributed by atoms with E-state index in [-0.39, 0.29) is 47.2 Å². The van der Waals surface area contributed by atoms with Gasteiger partial charge in [-0.3, -0.25) is 14.6 Å². The molecule has 3 heterocycles. The molecule has 0 spiro atoms. The molecule has 0 bridgehead atoms. The summed E-state index contributed by atoms with van der Waals surface area (Å²) in [6, 6.07) is 0.709. The average molecular weight is 512 g/mol. The summed E-state index contributed by atoms with van der Waals surface area (Å²) >= 11 is 6.40. The molecule has 9 heteroatoms. The first-order valence-corrected chi connectivity index (χ1v) is 13.2. The van der Waals surface area contributed by atoms with E-state index in [0.29, 0.717) is 23.7 Å². The highest BCUT2D eigenvalue weighted by molar-refractivity contribution is 6.35. The number of hydrogen-bond acceptors (Lipinski definition) is 5. The third-order valence-electron chi connectivity index (χ3n) is 8.53. The van der Waals surface area contributed by atoms with Gasteiger partial charge in [0, 0.05) is 42.6 Å². The molecule has 192 valence electrons. The zero-order valence-electron chi connectivity index (χ0n) is 21.5. The van der Waals surface area contributed by atoms with Gasteiger partial charge in [0.25, 0.3) is 0 Å². The van der Waals surface area contributed by atoms with Gasteiger partial charge < -0.3 is 19.5 Å². The van der Waals surface area contributed by atoms with Gasteiger partial charge in [-0.15, -0.1) is 0 Å². The SMILES string of the molecule is CCn1cc(Cl)c2cncc(C(C#N)NC(=O)[C@@H]3[C@@H]4C(CN3C(=O)C[C@@H](C)OC3(C)CC3)C4(C)C)c21. The first-order valence-electron chi connectivity index (χ1n) is 12.8. The summed E-state index contributed by atoms with van der Waals surface area (Å²) in [4.78, 5) is 33.0. The Kier molecular flexibility index (Phi) is 6.08. The summed E-state index contributed by atoms with van der Waals surface area (Å²) < 4.78 is 8.00. The number of hydrogen-bond donors (Lipinski definition) is 1. The van der Waals surface area contributed by atoms with Crippen LogP contribution in [0.1, 0.15) is 65.5 Å². The van der Waals surface area contributed by atoms with Gasteiger partial charge in [-0.1, -0.05) is 25.4 Å². The van der Waals surface area contributed by atoms with Crippen LogP contribution < -0.4 is 5.32 Å². The van der Waals surface area contributed by atoms with Gasteiger partial charge in [0.2, 0.25) is 11.8 Å². The Labute approximate surface area is 216 Å². The summed E-state index contributed by atoms with van der Waals surface area (Å²) in [5.41, 5.74) is 1.25. The first kappa shape index (κ1) is 25.0. The van der Waals surface area contributed by atoms with Gasteiger partial charge in [-0.05, 0) is 50.9 Å². The molecule has 5 atom stereocenters. The molecule has 36 heavy (non-hydrogen) atoms. The number of likely N-dealkylation sites (tertiary alicyclic amines) is 1. The quantitative estimate of drug-likeness (QED) is 0.572. The molecule has 2 unspecified atom stereocenters. The molecule has 2 aliphatic carbocycles. The van der Waals surface area contributed by atoms with Crippen molar-refractivity contribution in [2.24, 2.45) is 17.3 Å². The zero-order chi connectivity index (χ0) is 26.0. The van der Waals surface area contributed by atoms with E-state index >= 15 is 0 Å². The number of nitriles is 1. The standard InChI is InChI=1S/C27H34ClN5O3/c1-6-32-14-19(28)16-11-30-12-17(23(16)32)20(10-29)31-25(35)24-22-18(26(22,3)4)13-33(24)21(34)9-15(2)36-27(5)7-8-27/h11-12,14-15,18,20,22,24H,6-9,13H2,1-5H3,(H,31,35)/t15-,18?,20?,22+,24+/m1/s1. The van der Waals surface area contributed by atoms with Crippen molar-refractivity contribution in [1.82, 2.24) is 19.8 Å². The van der Waals surface area contributed by atoms with Crippen LogP contribution in [-0.2, 0) is 20.9 Å². The zero-order valence-corrected chi connectivity index (χ0v) is 22.3. The molecule has 5 rings (SSSR count). The molecule has 0 aromatic carbocycles. The predicted molar refractivity (Wildman–Crippen MR) is 136 cm³/mol. The molecule has 2 saturated carbocycles. The van der Waals surface area contributed by atoms with Gasteiger partial charge in [0.1, 0.15) is 12.1 Å². The third-order valence-corrected chi connectivity index (χ3v) is 8.83. The Morgan fingerprint density at radius 2 is 2.06 bits per heavy atom. The van der Waals surface area contributed by atoms with Crippen molar-refractivity contribution in [2.45, 2.75) is 84.2 Å². The maximum absolute atomic E-state index is 13.7. The van der Waals surface area contributed by atoms with E-state index in [1.807, 2.05) is 24.6 Å². The first-order chi connectivity index (χ1) is 17.0. The fraction of sp³-hybridized carbons (Fsp3) is 0.630. The maximum Gasteiger partial charge on any atom is 0.244 e. The second-order valence-corrected chi connectivity index (χ2v) is 11.9. The van der Waals surface area contributed by atoms with Crippen LogP contribution in [0.4, 0.5) is 0 Å². The van der Waals surface area contributed by atoms with E-state index in [1.165, 1.54) is 0 Å². The molecule has 1 saturated heterocycles. The summed E-state index contributed by atoms with van der Waals surface area (Å²) in [5.74, 6) is -0.0239. The van der Waals surface area contributed by atoms with Crippen LogP contribution in [0, 0.1) is 28.6 Å². The molecule has 2 aromatic rings. The molecule has 3 aliphatic rings. The van der Waals surface area contributed by atoms with Gasteiger partial charge >= 0.3 is 0 Å². The monoisotopic (exact) mass is 511 g/mol. The predicted octanol–water partition coefficient (Wildman–Crippen LogP) is 4.22. The lowest BCUT2D eigenvalue weighted by Gasteiger charge is -2.31. The summed E-state index contributed by atoms with van der Waals surface area (Å²) in [6.07, 6.45) is 7.16. The molecule has 1 aliphatic heterocycles. The molecule has 8 nitrogen and oxygen atoms in total. The highest BCUT2D eigenvalue weighted by Gasteiger charge is 2.69. The Morgan fingerprint density at radius 1 is 1.33 bits per heavy atom. The minimum Gasteiger partial charge on any atom is -0.372 e. The van der Waals surface area contributed by atoms with Crippen LogP contribution in [0.25, 0.3) is 10.9 Å². The van der Waals surface area contributed by atoms with Crippen LogP contribution in [0.3, 0.4) is 0 Å². The number of carbonyl (C=O) groups is 2. The number of carbonyl (C=O) groups excluding carboxylic acids is 2. The Morgan fingerprint density at radius 3 is 2.69 bits per heavy atom. The van der Waals surface area contributed by atoms with Crippen molar-refractivity contribution in [2.75, 3.05) is 6.54 Å². The second-order valence-electron chi connectivity index (χ2n) is 11.5. The van der Waals surface area contributed by atoms with E-state index in [4.69, 9.17) is 16.3 Å². The van der Waals surface area contributed by atoms with Crippen LogP contribution in [0.15, 0.2) is 18.6 Å². The fourth-order valence-corrected chi connectivity index (χ4v) is 6.39. The number of fused-ring (bicyclic) bond motifs is 2. The topological polar surface area (TPSA) is 100 Å². The Balaban J connectivity index is 1.37. The molecule has 0 radical (unpaired) electrons. The minimum absolute atomic E-state index is 0.0173. The van der Waals surface area contributed by atoms with E-state index in [2.05, 4.69) is 37.1 Å². The van der Waals surface area contributed by atoms with Crippen LogP contribution in [0.2, 0.25) is 5.02 Å². The second kappa shape index (κ2) is 8.74. The van der Waals surface area contributed by atoms with E-state index < -0.39 is 12.1 Å². The summed E-state index contributed by atoms with van der Waals surface area (Å²) in [5, 5.41) is 14.3. The summed E-state index contributed by atoms with van der Waals surface area (Å²) in [6.45, 7) is 11.5. The molecule has 2 aromatic heterocycles. The molecule has 3 fully saturated rings. The number of halogens is 1. The molecular weight excluding hydrogens is 478 g/mol. The largest absolute Gasteiger partial charge is 0.372 e. The maximum atomic E-state index is 13.7. The fourth-order valence-electron chi connectivity index (χ4n) is 6.13. The number of ether oxygens (including phenoxy) is 1. The van der Waals surface area contributed by atoms with Gasteiger partial charge in [0.15, 0.2) is 0 Å². The number of aryl methyl sites for hydroxylation is 1. The number of amides is 2. The van der Waals surface area contributed by atoms with Crippen LogP contribution >= 0.6 is 11.6 Å². The third kappa shape index (κ3) is 4.16. The lowest BCUT2D eigenvalue weighted by atomic mass is 9.99. The molecule has 2 amide bonds. The van der Waals surface area contributed by atoms with Crippen molar-refractivity contribution < 1.29 is 14.3 Å². The number of pyridine rings is 1. The van der Waals surface area contributed by atoms with Gasteiger partial charge in [0.05, 0.1) is 34.7 Å². The van der Waals surface area contributed by atoms with E-state index in [9.17, 15) is 14.9 Å². The van der Waals surface area contributed by atoms with Crippen molar-refractivity contribution in [3.05, 3.63) is 29.2 Å². The van der Waals surface area contributed by atoms with Gasteiger partial charge in [-0.25, -0.2) is 0 Å². The van der Waals surface area contributed by atoms with Crippen LogP contribution in [0.5, 0.6) is 0 Å². The minimum atomic E-state index is -0.917. The summed E-state index contributed by atoms with van der Waals surface area (Å²) in [7, 11) is 0. The van der Waals surface area contributed by atoms with E-state index in [1.54, 1.807) is 17.3 Å². The number of nitrogens with zero attached hydrogens (tertiary/aromatic N) is 4. The smallest absolute Gasteiger partial charge is 0.244 e. The molecule has 1 N–H and O–H groups in total. The Bertz CT molecular complexity index is 1260. The van der Waals surface area contributed by atoms with Crippen LogP contribution in [-0.4, -0.2) is 50.6 Å². The highest BCUT2D eigenvalue weighted by atomic mass is 35.5. The van der Waals surface area contributed by atoms with E-state index in [0.717, 1.165) is 23.7 Å². The molecular formula is C27H34ClN5O3. The highest BCUT2D eigenvalue weighted by Crippen LogP contribution is 2.65. The van der Waals surface area contributed by atoms with Crippen molar-refractivity contribution in [3.63, 3.8) is 0 Å². The van der Waals surface area contributed by atoms with Crippen molar-refractivity contribution >= 4 is 34.3 Å². The lowest BCUT2D eigenvalue weighted by Crippen LogP contribution is -2.51. The Hall–Kier alpha value is -2.63. The number of aromatic nitrogens is 2.